The number of fused-ring (bicyclic) bond motifs is 4. The summed E-state index contributed by atoms with van der Waals surface area (Å²) in [4.78, 5) is 18.9. The van der Waals surface area contributed by atoms with Crippen LogP contribution in [0.15, 0.2) is 29.1 Å². The molecule has 0 amide bonds. The normalized spacial score (nSPS) is 13.3. The lowest BCUT2D eigenvalue weighted by molar-refractivity contribution is 0.698. The van der Waals surface area contributed by atoms with Crippen molar-refractivity contribution in [1.29, 1.82) is 0 Å². The zero-order valence-electron chi connectivity index (χ0n) is 11.4. The number of hydrogen-bond acceptors (Lipinski definition) is 3. The fourth-order valence-corrected chi connectivity index (χ4v) is 4.09. The third-order valence-corrected chi connectivity index (χ3v) is 5.39. The molecule has 1 aliphatic heterocycles. The smallest absolute Gasteiger partial charge is 0.281 e. The van der Waals surface area contributed by atoms with Gasteiger partial charge in [0, 0.05) is 11.3 Å². The molecular weight excluding hydrogens is 268 g/mol. The van der Waals surface area contributed by atoms with Crippen LogP contribution in [0.3, 0.4) is 0 Å². The first-order valence-corrected chi connectivity index (χ1v) is 7.53. The van der Waals surface area contributed by atoms with E-state index in [4.69, 9.17) is 0 Å². The van der Waals surface area contributed by atoms with E-state index in [0.717, 1.165) is 34.6 Å². The van der Waals surface area contributed by atoms with Crippen molar-refractivity contribution in [2.45, 2.75) is 26.8 Å². The molecule has 0 N–H and O–H groups in total. The summed E-state index contributed by atoms with van der Waals surface area (Å²) in [6.07, 6.45) is 0.747. The van der Waals surface area contributed by atoms with Crippen LogP contribution in [0.4, 0.5) is 0 Å². The van der Waals surface area contributed by atoms with E-state index >= 15 is 0 Å². The van der Waals surface area contributed by atoms with Crippen LogP contribution in [-0.2, 0) is 13.0 Å². The van der Waals surface area contributed by atoms with Crippen molar-refractivity contribution >= 4 is 21.6 Å². The van der Waals surface area contributed by atoms with Crippen molar-refractivity contribution in [1.82, 2.24) is 9.55 Å². The van der Waals surface area contributed by atoms with Gasteiger partial charge in [0.1, 0.15) is 10.7 Å². The molecule has 20 heavy (non-hydrogen) atoms. The monoisotopic (exact) mass is 282 g/mol. The SMILES string of the molecule is Cc1sc2c(c1C)c(=O)nc1n2Cc2ccccc2C1. The molecule has 0 bridgehead atoms. The second kappa shape index (κ2) is 4.03. The summed E-state index contributed by atoms with van der Waals surface area (Å²) >= 11 is 1.71. The molecule has 1 aliphatic rings. The number of hydrogen-bond donors (Lipinski definition) is 0. The van der Waals surface area contributed by atoms with Gasteiger partial charge in [-0.2, -0.15) is 4.98 Å². The minimum absolute atomic E-state index is 0.0764. The van der Waals surface area contributed by atoms with E-state index in [2.05, 4.69) is 34.7 Å². The Labute approximate surface area is 120 Å². The third kappa shape index (κ3) is 1.51. The number of thiophene rings is 1. The fourth-order valence-electron chi connectivity index (χ4n) is 2.92. The van der Waals surface area contributed by atoms with Gasteiger partial charge in [-0.25, -0.2) is 0 Å². The largest absolute Gasteiger partial charge is 0.316 e. The molecule has 4 rings (SSSR count). The van der Waals surface area contributed by atoms with Crippen molar-refractivity contribution in [2.24, 2.45) is 0 Å². The highest BCUT2D eigenvalue weighted by molar-refractivity contribution is 7.18. The van der Waals surface area contributed by atoms with Crippen LogP contribution >= 0.6 is 11.3 Å². The van der Waals surface area contributed by atoms with Crippen molar-refractivity contribution in [2.75, 3.05) is 0 Å². The molecule has 0 saturated carbocycles. The van der Waals surface area contributed by atoms with Crippen molar-refractivity contribution in [3.63, 3.8) is 0 Å². The van der Waals surface area contributed by atoms with Crippen LogP contribution < -0.4 is 5.56 Å². The Bertz CT molecular complexity index is 905. The molecule has 0 unspecified atom stereocenters. The summed E-state index contributed by atoms with van der Waals surface area (Å²) in [5.41, 5.74) is 3.61. The van der Waals surface area contributed by atoms with Crippen molar-refractivity contribution < 1.29 is 0 Å². The Balaban J connectivity index is 2.05. The lowest BCUT2D eigenvalue weighted by Crippen LogP contribution is -2.23. The summed E-state index contributed by atoms with van der Waals surface area (Å²) in [5, 5.41) is 0.802. The topological polar surface area (TPSA) is 34.9 Å². The standard InChI is InChI=1S/C16H14N2OS/c1-9-10(2)20-16-14(9)15(19)17-13-7-11-5-3-4-6-12(11)8-18(13)16/h3-6H,7-8H2,1-2H3. The van der Waals surface area contributed by atoms with Gasteiger partial charge in [0.05, 0.1) is 11.9 Å². The molecule has 3 heterocycles. The van der Waals surface area contributed by atoms with E-state index in [9.17, 15) is 4.79 Å². The van der Waals surface area contributed by atoms with Gasteiger partial charge < -0.3 is 4.57 Å². The van der Waals surface area contributed by atoms with Crippen LogP contribution in [-0.4, -0.2) is 9.55 Å². The molecule has 0 atom stereocenters. The van der Waals surface area contributed by atoms with Crippen LogP contribution in [0, 0.1) is 13.8 Å². The molecule has 3 aromatic rings. The summed E-state index contributed by atoms with van der Waals surface area (Å²) in [6, 6.07) is 8.40. The number of rotatable bonds is 0. The second-order valence-electron chi connectivity index (χ2n) is 5.33. The number of nitrogens with zero attached hydrogens (tertiary/aromatic N) is 2. The zero-order chi connectivity index (χ0) is 13.9. The van der Waals surface area contributed by atoms with Crippen molar-refractivity contribution in [3.05, 3.63) is 62.0 Å². The third-order valence-electron chi connectivity index (χ3n) is 4.16. The Hall–Kier alpha value is -1.94. The molecular formula is C16H14N2OS. The maximum atomic E-state index is 12.3. The van der Waals surface area contributed by atoms with E-state index in [1.165, 1.54) is 16.0 Å². The second-order valence-corrected chi connectivity index (χ2v) is 6.53. The summed E-state index contributed by atoms with van der Waals surface area (Å²) in [6.45, 7) is 4.90. The minimum Gasteiger partial charge on any atom is -0.316 e. The summed E-state index contributed by atoms with van der Waals surface area (Å²) in [7, 11) is 0. The van der Waals surface area contributed by atoms with Gasteiger partial charge in [-0.1, -0.05) is 24.3 Å². The average Bonchev–Trinajstić information content (AvgIpc) is 2.74. The van der Waals surface area contributed by atoms with Crippen molar-refractivity contribution in [3.8, 4) is 0 Å². The Morgan fingerprint density at radius 1 is 1.20 bits per heavy atom. The predicted octanol–water partition coefficient (Wildman–Crippen LogP) is 3.03. The number of aryl methyl sites for hydroxylation is 2. The van der Waals surface area contributed by atoms with Gasteiger partial charge in [0.15, 0.2) is 0 Å². The lowest BCUT2D eigenvalue weighted by Gasteiger charge is -2.21. The van der Waals surface area contributed by atoms with Gasteiger partial charge in [0.2, 0.25) is 0 Å². The van der Waals surface area contributed by atoms with Gasteiger partial charge in [-0.3, -0.25) is 4.79 Å². The van der Waals surface area contributed by atoms with E-state index in [0.29, 0.717) is 0 Å². The molecule has 0 fully saturated rings. The Morgan fingerprint density at radius 2 is 1.95 bits per heavy atom. The van der Waals surface area contributed by atoms with Gasteiger partial charge in [-0.15, -0.1) is 11.3 Å². The highest BCUT2D eigenvalue weighted by Crippen LogP contribution is 2.31. The maximum absolute atomic E-state index is 12.3. The van der Waals surface area contributed by atoms with Crippen LogP contribution in [0.5, 0.6) is 0 Å². The molecule has 1 aromatic carbocycles. The Morgan fingerprint density at radius 3 is 2.75 bits per heavy atom. The van der Waals surface area contributed by atoms with E-state index in [1.807, 2.05) is 13.0 Å². The minimum atomic E-state index is -0.0764. The fraction of sp³-hybridized carbons (Fsp3) is 0.250. The van der Waals surface area contributed by atoms with E-state index in [-0.39, 0.29) is 5.56 Å². The zero-order valence-corrected chi connectivity index (χ0v) is 12.3. The highest BCUT2D eigenvalue weighted by Gasteiger charge is 2.21. The summed E-state index contributed by atoms with van der Waals surface area (Å²) < 4.78 is 2.21. The Kier molecular flexibility index (Phi) is 2.39. The first-order valence-electron chi connectivity index (χ1n) is 6.71. The lowest BCUT2D eigenvalue weighted by atomic mass is 10.0. The molecule has 0 radical (unpaired) electrons. The molecule has 0 saturated heterocycles. The first kappa shape index (κ1) is 11.9. The van der Waals surface area contributed by atoms with Gasteiger partial charge in [0.25, 0.3) is 5.56 Å². The van der Waals surface area contributed by atoms with E-state index in [1.54, 1.807) is 11.3 Å². The molecule has 0 spiro atoms. The average molecular weight is 282 g/mol. The number of benzene rings is 1. The maximum Gasteiger partial charge on any atom is 0.281 e. The molecule has 4 heteroatoms. The van der Waals surface area contributed by atoms with Crippen LogP contribution in [0.25, 0.3) is 10.2 Å². The number of aromatic nitrogens is 2. The molecule has 2 aromatic heterocycles. The quantitative estimate of drug-likeness (QED) is 0.497. The predicted molar refractivity (Wildman–Crippen MR) is 81.7 cm³/mol. The highest BCUT2D eigenvalue weighted by atomic mass is 32.1. The van der Waals surface area contributed by atoms with Crippen LogP contribution in [0.1, 0.15) is 27.4 Å². The van der Waals surface area contributed by atoms with E-state index < -0.39 is 0 Å². The van der Waals surface area contributed by atoms with Gasteiger partial charge in [-0.05, 0) is 30.5 Å². The van der Waals surface area contributed by atoms with Gasteiger partial charge >= 0.3 is 0 Å². The first-order chi connectivity index (χ1) is 9.65. The summed E-state index contributed by atoms with van der Waals surface area (Å²) in [5.74, 6) is 0.891. The van der Waals surface area contributed by atoms with Crippen LogP contribution in [0.2, 0.25) is 0 Å². The molecule has 0 aliphatic carbocycles. The molecule has 3 nitrogen and oxygen atoms in total. The molecule has 100 valence electrons.